The van der Waals surface area contributed by atoms with E-state index in [1.165, 1.54) is 9.75 Å². The Kier molecular flexibility index (Phi) is 3.57. The summed E-state index contributed by atoms with van der Waals surface area (Å²) in [4.78, 5) is 4.38. The Labute approximate surface area is 106 Å². The van der Waals surface area contributed by atoms with E-state index in [2.05, 4.69) is 41.4 Å². The van der Waals surface area contributed by atoms with Crippen LogP contribution in [-0.2, 0) is 6.42 Å². The third kappa shape index (κ3) is 2.91. The van der Waals surface area contributed by atoms with Gasteiger partial charge in [-0.2, -0.15) is 4.80 Å². The maximum absolute atomic E-state index is 4.36. The maximum Gasteiger partial charge on any atom is 0.180 e. The first kappa shape index (κ1) is 12.2. The van der Waals surface area contributed by atoms with Gasteiger partial charge in [0.25, 0.3) is 0 Å². The van der Waals surface area contributed by atoms with Crippen LogP contribution in [0.2, 0.25) is 0 Å². The molecule has 5 heteroatoms. The molecule has 2 heterocycles. The van der Waals surface area contributed by atoms with Gasteiger partial charge < -0.3 is 0 Å². The first-order valence-corrected chi connectivity index (χ1v) is 6.75. The van der Waals surface area contributed by atoms with Crippen LogP contribution in [0.15, 0.2) is 12.1 Å². The van der Waals surface area contributed by atoms with Gasteiger partial charge in [0.2, 0.25) is 0 Å². The Morgan fingerprint density at radius 2 is 2.00 bits per heavy atom. The van der Waals surface area contributed by atoms with Crippen LogP contribution in [0.4, 0.5) is 0 Å². The Morgan fingerprint density at radius 3 is 2.53 bits per heavy atom. The average Bonchev–Trinajstić information content (AvgIpc) is 2.87. The van der Waals surface area contributed by atoms with Gasteiger partial charge in [0.1, 0.15) is 0 Å². The van der Waals surface area contributed by atoms with E-state index in [9.17, 15) is 0 Å². The second kappa shape index (κ2) is 4.96. The third-order valence-electron chi connectivity index (χ3n) is 2.52. The van der Waals surface area contributed by atoms with Crippen molar-refractivity contribution in [3.8, 4) is 0 Å². The van der Waals surface area contributed by atoms with Gasteiger partial charge in [-0.3, -0.25) is 0 Å². The number of hydrogen-bond acceptors (Lipinski definition) is 4. The minimum atomic E-state index is 0.269. The molecule has 0 radical (unpaired) electrons. The zero-order valence-corrected chi connectivity index (χ0v) is 11.5. The highest BCUT2D eigenvalue weighted by Crippen LogP contribution is 2.25. The van der Waals surface area contributed by atoms with Crippen LogP contribution in [0.3, 0.4) is 0 Å². The lowest BCUT2D eigenvalue weighted by atomic mass is 10.2. The summed E-state index contributed by atoms with van der Waals surface area (Å²) >= 11 is 1.84. The molecule has 2 aromatic heterocycles. The van der Waals surface area contributed by atoms with Crippen LogP contribution >= 0.6 is 11.3 Å². The van der Waals surface area contributed by atoms with Gasteiger partial charge in [-0.05, 0) is 37.1 Å². The van der Waals surface area contributed by atoms with Crippen LogP contribution in [0, 0.1) is 0 Å². The van der Waals surface area contributed by atoms with E-state index in [1.54, 1.807) is 4.80 Å². The highest BCUT2D eigenvalue weighted by molar-refractivity contribution is 7.12. The normalized spacial score (nSPS) is 11.6. The van der Waals surface area contributed by atoms with E-state index in [4.69, 9.17) is 0 Å². The molecule has 0 saturated carbocycles. The maximum atomic E-state index is 4.36. The molecule has 0 N–H and O–H groups in total. The number of thiophene rings is 1. The lowest BCUT2D eigenvalue weighted by Crippen LogP contribution is -2.05. The largest absolute Gasteiger partial charge is 0.180 e. The highest BCUT2D eigenvalue weighted by atomic mass is 32.1. The quantitative estimate of drug-likeness (QED) is 0.837. The molecule has 0 aromatic carbocycles. The molecular weight excluding hydrogens is 232 g/mol. The smallest absolute Gasteiger partial charge is 0.162 e. The van der Waals surface area contributed by atoms with E-state index in [0.717, 1.165) is 12.2 Å². The van der Waals surface area contributed by atoms with Crippen molar-refractivity contribution in [1.82, 2.24) is 20.2 Å². The van der Waals surface area contributed by atoms with Gasteiger partial charge in [0.15, 0.2) is 5.82 Å². The molecule has 0 aliphatic rings. The fraction of sp³-hybridized carbons (Fsp3) is 0.583. The predicted molar refractivity (Wildman–Crippen MR) is 69.4 cm³/mol. The summed E-state index contributed by atoms with van der Waals surface area (Å²) in [5, 5.41) is 12.5. The molecule has 2 aromatic rings. The first-order valence-electron chi connectivity index (χ1n) is 5.93. The summed E-state index contributed by atoms with van der Waals surface area (Å²) in [7, 11) is 0. The Balaban J connectivity index is 2.08. The van der Waals surface area contributed by atoms with E-state index < -0.39 is 0 Å². The zero-order valence-electron chi connectivity index (χ0n) is 10.7. The minimum absolute atomic E-state index is 0.269. The second-order valence-electron chi connectivity index (χ2n) is 4.76. The van der Waals surface area contributed by atoms with Crippen LogP contribution in [0.1, 0.15) is 55.2 Å². The molecule has 92 valence electrons. The van der Waals surface area contributed by atoms with Gasteiger partial charge in [-0.15, -0.1) is 21.5 Å². The molecule has 0 atom stereocenters. The van der Waals surface area contributed by atoms with Crippen molar-refractivity contribution in [1.29, 1.82) is 0 Å². The Bertz CT molecular complexity index is 440. The van der Waals surface area contributed by atoms with E-state index in [0.29, 0.717) is 5.92 Å². The van der Waals surface area contributed by atoms with E-state index in [1.807, 2.05) is 25.2 Å². The van der Waals surface area contributed by atoms with Crippen LogP contribution in [0.5, 0.6) is 0 Å². The fourth-order valence-electron chi connectivity index (χ4n) is 1.50. The van der Waals surface area contributed by atoms with Gasteiger partial charge in [-0.1, -0.05) is 13.8 Å². The van der Waals surface area contributed by atoms with Gasteiger partial charge in [-0.25, -0.2) is 0 Å². The first-order chi connectivity index (χ1) is 8.06. The number of tetrazole rings is 1. The van der Waals surface area contributed by atoms with Crippen molar-refractivity contribution >= 4 is 11.3 Å². The Morgan fingerprint density at radius 1 is 1.24 bits per heavy atom. The van der Waals surface area contributed by atoms with Crippen molar-refractivity contribution in [3.63, 3.8) is 0 Å². The molecule has 0 spiro atoms. The third-order valence-corrected chi connectivity index (χ3v) is 3.90. The Hall–Kier alpha value is -1.23. The SMILES string of the molecule is CC(C)c1ccc(Cc2nnn(C(C)C)n2)s1. The predicted octanol–water partition coefficient (Wildman–Crippen LogP) is 3.03. The van der Waals surface area contributed by atoms with E-state index in [-0.39, 0.29) is 6.04 Å². The molecule has 0 unspecified atom stereocenters. The topological polar surface area (TPSA) is 43.6 Å². The van der Waals surface area contributed by atoms with Gasteiger partial charge in [0, 0.05) is 16.2 Å². The molecular formula is C12H18N4S. The number of nitrogens with zero attached hydrogens (tertiary/aromatic N) is 4. The average molecular weight is 250 g/mol. The van der Waals surface area contributed by atoms with Crippen LogP contribution in [-0.4, -0.2) is 20.2 Å². The molecule has 0 saturated heterocycles. The molecule has 0 fully saturated rings. The van der Waals surface area contributed by atoms with Crippen molar-refractivity contribution in [3.05, 3.63) is 27.7 Å². The van der Waals surface area contributed by atoms with E-state index >= 15 is 0 Å². The summed E-state index contributed by atoms with van der Waals surface area (Å²) in [5.41, 5.74) is 0. The standard InChI is InChI=1S/C12H18N4S/c1-8(2)11-6-5-10(17-11)7-12-13-15-16(14-12)9(3)4/h5-6,8-9H,7H2,1-4H3. The lowest BCUT2D eigenvalue weighted by Gasteiger charge is -1.99. The summed E-state index contributed by atoms with van der Waals surface area (Å²) in [5.74, 6) is 1.39. The summed E-state index contributed by atoms with van der Waals surface area (Å²) < 4.78 is 0. The molecule has 17 heavy (non-hydrogen) atoms. The van der Waals surface area contributed by atoms with Crippen molar-refractivity contribution in [2.24, 2.45) is 0 Å². The number of rotatable bonds is 4. The molecule has 2 rings (SSSR count). The van der Waals surface area contributed by atoms with Crippen molar-refractivity contribution in [2.75, 3.05) is 0 Å². The summed E-state index contributed by atoms with van der Waals surface area (Å²) in [6, 6.07) is 4.62. The summed E-state index contributed by atoms with van der Waals surface area (Å²) in [6.07, 6.45) is 0.782. The molecule has 0 bridgehead atoms. The zero-order chi connectivity index (χ0) is 12.4. The molecule has 0 aliphatic heterocycles. The van der Waals surface area contributed by atoms with Crippen LogP contribution < -0.4 is 0 Å². The van der Waals surface area contributed by atoms with Crippen molar-refractivity contribution in [2.45, 2.75) is 46.1 Å². The number of aromatic nitrogens is 4. The fourth-order valence-corrected chi connectivity index (χ4v) is 2.51. The lowest BCUT2D eigenvalue weighted by molar-refractivity contribution is 0.454. The number of hydrogen-bond donors (Lipinski definition) is 0. The minimum Gasteiger partial charge on any atom is -0.162 e. The molecule has 4 nitrogen and oxygen atoms in total. The summed E-state index contributed by atoms with van der Waals surface area (Å²) in [6.45, 7) is 8.52. The monoisotopic (exact) mass is 250 g/mol. The highest BCUT2D eigenvalue weighted by Gasteiger charge is 2.09. The molecule has 0 aliphatic carbocycles. The van der Waals surface area contributed by atoms with Gasteiger partial charge >= 0.3 is 0 Å². The van der Waals surface area contributed by atoms with Crippen LogP contribution in [0.25, 0.3) is 0 Å². The molecule has 0 amide bonds. The van der Waals surface area contributed by atoms with Gasteiger partial charge in [0.05, 0.1) is 6.04 Å². The second-order valence-corrected chi connectivity index (χ2v) is 5.96. The van der Waals surface area contributed by atoms with Crippen molar-refractivity contribution < 1.29 is 0 Å².